The van der Waals surface area contributed by atoms with Crippen molar-refractivity contribution in [3.05, 3.63) is 58.9 Å². The molecule has 1 rings (SSSR count). The van der Waals surface area contributed by atoms with E-state index >= 15 is 0 Å². The molecule has 0 aliphatic carbocycles. The highest BCUT2D eigenvalue weighted by molar-refractivity contribution is 5.82. The van der Waals surface area contributed by atoms with E-state index in [4.69, 9.17) is 4.74 Å². The molecule has 0 bridgehead atoms. The van der Waals surface area contributed by atoms with Gasteiger partial charge in [-0.05, 0) is 51.3 Å². The Kier molecular flexibility index (Phi) is 6.71. The van der Waals surface area contributed by atoms with Gasteiger partial charge in [0.05, 0.1) is 0 Å². The van der Waals surface area contributed by atoms with Gasteiger partial charge in [0.2, 0.25) is 0 Å². The average Bonchev–Trinajstić information content (AvgIpc) is 2.36. The Morgan fingerprint density at radius 2 is 2.05 bits per heavy atom. The minimum absolute atomic E-state index is 0.0916. The highest BCUT2D eigenvalue weighted by atomic mass is 19.1. The molecule has 108 valence electrons. The van der Waals surface area contributed by atoms with Crippen LogP contribution in [0.4, 0.5) is 4.39 Å². The number of carbonyl (C=O) groups is 1. The molecule has 0 unspecified atom stereocenters. The smallest absolute Gasteiger partial charge is 0.331 e. The SMILES string of the molecule is CC(C)=CCC/C(C)=C/C(=O)OCc1cccc(F)c1. The highest BCUT2D eigenvalue weighted by Gasteiger charge is 2.01. The van der Waals surface area contributed by atoms with Gasteiger partial charge in [0.25, 0.3) is 0 Å². The second kappa shape index (κ2) is 8.31. The largest absolute Gasteiger partial charge is 0.458 e. The number of halogens is 1. The molecule has 0 amide bonds. The molecule has 1 aromatic carbocycles. The van der Waals surface area contributed by atoms with Crippen molar-refractivity contribution in [2.75, 3.05) is 0 Å². The molecule has 0 fully saturated rings. The third-order valence-electron chi connectivity index (χ3n) is 2.73. The minimum Gasteiger partial charge on any atom is -0.458 e. The van der Waals surface area contributed by atoms with E-state index < -0.39 is 0 Å². The Labute approximate surface area is 120 Å². The first-order valence-corrected chi connectivity index (χ1v) is 6.69. The van der Waals surface area contributed by atoms with E-state index in [1.807, 2.05) is 20.8 Å². The van der Waals surface area contributed by atoms with Gasteiger partial charge in [0, 0.05) is 6.08 Å². The Hall–Kier alpha value is -1.90. The molecule has 0 atom stereocenters. The summed E-state index contributed by atoms with van der Waals surface area (Å²) < 4.78 is 18.0. The Balaban J connectivity index is 2.41. The predicted molar refractivity (Wildman–Crippen MR) is 78.6 cm³/mol. The molecule has 0 saturated carbocycles. The number of ether oxygens (including phenoxy) is 1. The fraction of sp³-hybridized carbons (Fsp3) is 0.353. The van der Waals surface area contributed by atoms with E-state index in [-0.39, 0.29) is 18.4 Å². The van der Waals surface area contributed by atoms with E-state index in [9.17, 15) is 9.18 Å². The van der Waals surface area contributed by atoms with Gasteiger partial charge in [-0.2, -0.15) is 0 Å². The van der Waals surface area contributed by atoms with Crippen LogP contribution in [0.2, 0.25) is 0 Å². The molecule has 0 N–H and O–H groups in total. The zero-order chi connectivity index (χ0) is 15.0. The molecular formula is C17H21FO2. The summed E-state index contributed by atoms with van der Waals surface area (Å²) in [5.41, 5.74) is 2.90. The van der Waals surface area contributed by atoms with Gasteiger partial charge in [0.1, 0.15) is 12.4 Å². The Morgan fingerprint density at radius 3 is 2.70 bits per heavy atom. The van der Waals surface area contributed by atoms with E-state index in [0.717, 1.165) is 18.4 Å². The summed E-state index contributed by atoms with van der Waals surface area (Å²) in [5, 5.41) is 0. The topological polar surface area (TPSA) is 26.3 Å². The average molecular weight is 276 g/mol. The highest BCUT2D eigenvalue weighted by Crippen LogP contribution is 2.08. The fourth-order valence-corrected chi connectivity index (χ4v) is 1.68. The molecule has 1 aromatic rings. The van der Waals surface area contributed by atoms with Crippen LogP contribution in [0.3, 0.4) is 0 Å². The van der Waals surface area contributed by atoms with Crippen LogP contribution in [0, 0.1) is 5.82 Å². The van der Waals surface area contributed by atoms with Crippen LogP contribution in [-0.4, -0.2) is 5.97 Å². The van der Waals surface area contributed by atoms with Gasteiger partial charge >= 0.3 is 5.97 Å². The molecule has 0 spiro atoms. The first kappa shape index (κ1) is 16.2. The molecule has 0 aromatic heterocycles. The Morgan fingerprint density at radius 1 is 1.30 bits per heavy atom. The Bertz CT molecular complexity index is 511. The lowest BCUT2D eigenvalue weighted by Crippen LogP contribution is -2.02. The number of esters is 1. The summed E-state index contributed by atoms with van der Waals surface area (Å²) in [5.74, 6) is -0.712. The molecule has 0 heterocycles. The third-order valence-corrected chi connectivity index (χ3v) is 2.73. The van der Waals surface area contributed by atoms with E-state index in [2.05, 4.69) is 6.08 Å². The molecule has 0 aliphatic heterocycles. The maximum absolute atomic E-state index is 12.9. The summed E-state index contributed by atoms with van der Waals surface area (Å²) in [7, 11) is 0. The van der Waals surface area contributed by atoms with Gasteiger partial charge in [-0.25, -0.2) is 9.18 Å². The van der Waals surface area contributed by atoms with Gasteiger partial charge in [0.15, 0.2) is 0 Å². The fourth-order valence-electron chi connectivity index (χ4n) is 1.68. The van der Waals surface area contributed by atoms with Crippen molar-refractivity contribution in [2.45, 2.75) is 40.2 Å². The summed E-state index contributed by atoms with van der Waals surface area (Å²) >= 11 is 0. The van der Waals surface area contributed by atoms with Gasteiger partial charge in [-0.1, -0.05) is 29.4 Å². The number of hydrogen-bond donors (Lipinski definition) is 0. The van der Waals surface area contributed by atoms with E-state index in [1.54, 1.807) is 12.1 Å². The second-order valence-corrected chi connectivity index (χ2v) is 5.05. The first-order valence-electron chi connectivity index (χ1n) is 6.69. The molecule has 0 aliphatic rings. The van der Waals surface area contributed by atoms with Crippen LogP contribution in [0.25, 0.3) is 0 Å². The summed E-state index contributed by atoms with van der Waals surface area (Å²) in [4.78, 5) is 11.6. The van der Waals surface area contributed by atoms with Crippen LogP contribution in [-0.2, 0) is 16.1 Å². The van der Waals surface area contributed by atoms with Gasteiger partial charge in [-0.3, -0.25) is 0 Å². The zero-order valence-electron chi connectivity index (χ0n) is 12.3. The van der Waals surface area contributed by atoms with Crippen LogP contribution < -0.4 is 0 Å². The molecule has 0 radical (unpaired) electrons. The molecule has 20 heavy (non-hydrogen) atoms. The number of benzene rings is 1. The van der Waals surface area contributed by atoms with Crippen LogP contribution in [0.1, 0.15) is 39.2 Å². The van der Waals surface area contributed by atoms with Crippen molar-refractivity contribution in [1.29, 1.82) is 0 Å². The summed E-state index contributed by atoms with van der Waals surface area (Å²) in [6.07, 6.45) is 5.38. The van der Waals surface area contributed by atoms with Gasteiger partial charge in [-0.15, -0.1) is 0 Å². The van der Waals surface area contributed by atoms with Crippen molar-refractivity contribution >= 4 is 5.97 Å². The van der Waals surface area contributed by atoms with E-state index in [1.165, 1.54) is 23.8 Å². The molecule has 2 nitrogen and oxygen atoms in total. The van der Waals surface area contributed by atoms with Crippen LogP contribution >= 0.6 is 0 Å². The third kappa shape index (κ3) is 6.88. The maximum Gasteiger partial charge on any atom is 0.331 e. The van der Waals surface area contributed by atoms with Crippen molar-refractivity contribution in [2.24, 2.45) is 0 Å². The molecular weight excluding hydrogens is 255 g/mol. The number of hydrogen-bond acceptors (Lipinski definition) is 2. The van der Waals surface area contributed by atoms with E-state index in [0.29, 0.717) is 5.56 Å². The van der Waals surface area contributed by atoms with Crippen molar-refractivity contribution in [3.63, 3.8) is 0 Å². The standard InChI is InChI=1S/C17H21FO2/c1-13(2)6-4-7-14(3)10-17(19)20-12-15-8-5-9-16(18)11-15/h5-6,8-11H,4,7,12H2,1-3H3/b14-10+. The number of carbonyl (C=O) groups excluding carboxylic acids is 1. The maximum atomic E-state index is 12.9. The van der Waals surface area contributed by atoms with Crippen LogP contribution in [0.5, 0.6) is 0 Å². The quantitative estimate of drug-likeness (QED) is 0.432. The molecule has 3 heteroatoms. The second-order valence-electron chi connectivity index (χ2n) is 5.05. The lowest BCUT2D eigenvalue weighted by molar-refractivity contribution is -0.139. The summed E-state index contributed by atoms with van der Waals surface area (Å²) in [6, 6.07) is 6.04. The van der Waals surface area contributed by atoms with Crippen molar-refractivity contribution < 1.29 is 13.9 Å². The van der Waals surface area contributed by atoms with Crippen molar-refractivity contribution in [3.8, 4) is 0 Å². The monoisotopic (exact) mass is 276 g/mol. The minimum atomic E-state index is -0.385. The summed E-state index contributed by atoms with van der Waals surface area (Å²) in [6.45, 7) is 6.09. The predicted octanol–water partition coefficient (Wildman–Crippen LogP) is 4.56. The van der Waals surface area contributed by atoms with Gasteiger partial charge < -0.3 is 4.74 Å². The lowest BCUT2D eigenvalue weighted by atomic mass is 10.1. The normalized spacial score (nSPS) is 11.1. The number of rotatable bonds is 6. The van der Waals surface area contributed by atoms with Crippen molar-refractivity contribution in [1.82, 2.24) is 0 Å². The lowest BCUT2D eigenvalue weighted by Gasteiger charge is -2.03. The zero-order valence-corrected chi connectivity index (χ0v) is 12.3. The first-order chi connectivity index (χ1) is 9.47. The number of allylic oxidation sites excluding steroid dienone is 3. The molecule has 0 saturated heterocycles. The van der Waals surface area contributed by atoms with Crippen LogP contribution in [0.15, 0.2) is 47.6 Å².